The van der Waals surface area contributed by atoms with E-state index in [4.69, 9.17) is 0 Å². The fraction of sp³-hybridized carbons (Fsp3) is 0.300. The summed E-state index contributed by atoms with van der Waals surface area (Å²) >= 11 is 0. The van der Waals surface area contributed by atoms with Crippen molar-refractivity contribution in [2.45, 2.75) is 19.4 Å². The van der Waals surface area contributed by atoms with Gasteiger partial charge in [-0.05, 0) is 18.6 Å². The minimum atomic E-state index is -0.729. The standard InChI is InChI=1S/C10H11N2O/c1-2-9(13)10-11-7-5-3-4-6-8(7)12-10/h3-6,9H,2H2,1H3,(H,11,12). The lowest BCUT2D eigenvalue weighted by Crippen LogP contribution is -1.95. The summed E-state index contributed by atoms with van der Waals surface area (Å²) in [5.74, 6) is 0.545. The highest BCUT2D eigenvalue weighted by Gasteiger charge is 2.10. The SMILES string of the molecule is CCC([O])c1nc2ccccc2[nH]1. The molecule has 0 bridgehead atoms. The molecule has 67 valence electrons. The molecule has 0 aliphatic carbocycles. The van der Waals surface area contributed by atoms with Crippen LogP contribution < -0.4 is 0 Å². The number of fused-ring (bicyclic) bond motifs is 1. The average Bonchev–Trinajstić information content (AvgIpc) is 2.59. The first-order chi connectivity index (χ1) is 6.31. The third-order valence-corrected chi connectivity index (χ3v) is 2.08. The monoisotopic (exact) mass is 175 g/mol. The summed E-state index contributed by atoms with van der Waals surface area (Å²) in [6, 6.07) is 7.67. The number of nitrogens with zero attached hydrogens (tertiary/aromatic N) is 1. The molecule has 2 rings (SSSR count). The first-order valence-corrected chi connectivity index (χ1v) is 4.41. The number of benzene rings is 1. The van der Waals surface area contributed by atoms with E-state index in [1.807, 2.05) is 31.2 Å². The molecule has 0 fully saturated rings. The lowest BCUT2D eigenvalue weighted by atomic mass is 10.3. The second-order valence-electron chi connectivity index (χ2n) is 3.04. The number of imidazole rings is 1. The molecule has 1 N–H and O–H groups in total. The van der Waals surface area contributed by atoms with Crippen molar-refractivity contribution in [3.8, 4) is 0 Å². The Labute approximate surface area is 76.4 Å². The molecule has 0 saturated carbocycles. The largest absolute Gasteiger partial charge is 0.340 e. The number of aromatic amines is 1. The van der Waals surface area contributed by atoms with Crippen LogP contribution in [0, 0.1) is 0 Å². The molecule has 2 aromatic rings. The zero-order valence-electron chi connectivity index (χ0n) is 7.45. The van der Waals surface area contributed by atoms with Gasteiger partial charge in [0.2, 0.25) is 0 Å². The van der Waals surface area contributed by atoms with Crippen molar-refractivity contribution in [2.24, 2.45) is 0 Å². The van der Waals surface area contributed by atoms with E-state index >= 15 is 0 Å². The molecule has 0 spiro atoms. The van der Waals surface area contributed by atoms with Crippen LogP contribution >= 0.6 is 0 Å². The van der Waals surface area contributed by atoms with Gasteiger partial charge in [0.15, 0.2) is 6.10 Å². The predicted molar refractivity (Wildman–Crippen MR) is 49.8 cm³/mol. The lowest BCUT2D eigenvalue weighted by molar-refractivity contribution is 0.0789. The Kier molecular flexibility index (Phi) is 2.02. The minimum absolute atomic E-state index is 0.545. The molecule has 1 unspecified atom stereocenters. The van der Waals surface area contributed by atoms with Crippen molar-refractivity contribution in [3.63, 3.8) is 0 Å². The molecule has 1 atom stereocenters. The normalized spacial score (nSPS) is 13.4. The number of para-hydroxylation sites is 2. The van der Waals surface area contributed by atoms with Crippen LogP contribution in [-0.2, 0) is 5.11 Å². The molecule has 0 saturated heterocycles. The molecule has 13 heavy (non-hydrogen) atoms. The average molecular weight is 175 g/mol. The van der Waals surface area contributed by atoms with Crippen LogP contribution in [-0.4, -0.2) is 9.97 Å². The number of aromatic nitrogens is 2. The van der Waals surface area contributed by atoms with E-state index in [-0.39, 0.29) is 0 Å². The molecular weight excluding hydrogens is 164 g/mol. The van der Waals surface area contributed by atoms with Crippen molar-refractivity contribution in [1.82, 2.24) is 9.97 Å². The van der Waals surface area contributed by atoms with E-state index in [0.717, 1.165) is 11.0 Å². The van der Waals surface area contributed by atoms with E-state index in [9.17, 15) is 5.11 Å². The van der Waals surface area contributed by atoms with Crippen LogP contribution in [0.3, 0.4) is 0 Å². The van der Waals surface area contributed by atoms with Crippen LogP contribution in [0.1, 0.15) is 25.3 Å². The van der Waals surface area contributed by atoms with Gasteiger partial charge in [-0.3, -0.25) is 0 Å². The van der Waals surface area contributed by atoms with Crippen LogP contribution in [0.5, 0.6) is 0 Å². The molecule has 0 aliphatic heterocycles. The van der Waals surface area contributed by atoms with E-state index in [1.165, 1.54) is 0 Å². The fourth-order valence-corrected chi connectivity index (χ4v) is 1.32. The smallest absolute Gasteiger partial charge is 0.150 e. The van der Waals surface area contributed by atoms with E-state index < -0.39 is 6.10 Å². The summed E-state index contributed by atoms with van der Waals surface area (Å²) in [6.07, 6.45) is -0.160. The van der Waals surface area contributed by atoms with Gasteiger partial charge >= 0.3 is 0 Å². The molecule has 0 amide bonds. The topological polar surface area (TPSA) is 48.6 Å². The summed E-state index contributed by atoms with van der Waals surface area (Å²) in [4.78, 5) is 7.24. The van der Waals surface area contributed by atoms with Crippen LogP contribution in [0.25, 0.3) is 11.0 Å². The number of nitrogens with one attached hydrogen (secondary N) is 1. The summed E-state index contributed by atoms with van der Waals surface area (Å²) in [5, 5.41) is 11.4. The Morgan fingerprint density at radius 3 is 2.92 bits per heavy atom. The lowest BCUT2D eigenvalue weighted by Gasteiger charge is -1.97. The van der Waals surface area contributed by atoms with Crippen molar-refractivity contribution in [2.75, 3.05) is 0 Å². The number of rotatable bonds is 2. The molecule has 0 aliphatic rings. The van der Waals surface area contributed by atoms with Gasteiger partial charge in [-0.1, -0.05) is 19.1 Å². The number of hydrogen-bond acceptors (Lipinski definition) is 1. The first-order valence-electron chi connectivity index (χ1n) is 4.41. The van der Waals surface area contributed by atoms with E-state index in [2.05, 4.69) is 9.97 Å². The highest BCUT2D eigenvalue weighted by Crippen LogP contribution is 2.17. The van der Waals surface area contributed by atoms with Crippen molar-refractivity contribution in [1.29, 1.82) is 0 Å². The van der Waals surface area contributed by atoms with Gasteiger partial charge in [0, 0.05) is 0 Å². The van der Waals surface area contributed by atoms with Crippen LogP contribution in [0.4, 0.5) is 0 Å². The molecule has 1 aromatic heterocycles. The van der Waals surface area contributed by atoms with Gasteiger partial charge in [0.25, 0.3) is 0 Å². The first kappa shape index (κ1) is 8.26. The Morgan fingerprint density at radius 1 is 1.46 bits per heavy atom. The second kappa shape index (κ2) is 3.18. The van der Waals surface area contributed by atoms with E-state index in [0.29, 0.717) is 12.2 Å². The van der Waals surface area contributed by atoms with Gasteiger partial charge < -0.3 is 4.98 Å². The molecule has 3 heteroatoms. The summed E-state index contributed by atoms with van der Waals surface area (Å²) in [7, 11) is 0. The maximum atomic E-state index is 11.4. The Morgan fingerprint density at radius 2 is 2.23 bits per heavy atom. The van der Waals surface area contributed by atoms with Crippen molar-refractivity contribution in [3.05, 3.63) is 30.1 Å². The van der Waals surface area contributed by atoms with Gasteiger partial charge in [-0.2, -0.15) is 0 Å². The van der Waals surface area contributed by atoms with Crippen molar-refractivity contribution < 1.29 is 5.11 Å². The highest BCUT2D eigenvalue weighted by atomic mass is 16.3. The second-order valence-corrected chi connectivity index (χ2v) is 3.04. The molecular formula is C10H11N2O. The quantitative estimate of drug-likeness (QED) is 0.748. The third-order valence-electron chi connectivity index (χ3n) is 2.08. The number of H-pyrrole nitrogens is 1. The third kappa shape index (κ3) is 1.42. The maximum absolute atomic E-state index is 11.4. The highest BCUT2D eigenvalue weighted by molar-refractivity contribution is 5.74. The molecule has 3 nitrogen and oxygen atoms in total. The van der Waals surface area contributed by atoms with Gasteiger partial charge in [0.1, 0.15) is 5.82 Å². The van der Waals surface area contributed by atoms with Gasteiger partial charge in [-0.15, -0.1) is 0 Å². The number of hydrogen-bond donors (Lipinski definition) is 1. The maximum Gasteiger partial charge on any atom is 0.150 e. The van der Waals surface area contributed by atoms with E-state index in [1.54, 1.807) is 0 Å². The molecule has 1 radical (unpaired) electrons. The summed E-state index contributed by atoms with van der Waals surface area (Å²) < 4.78 is 0. The fourth-order valence-electron chi connectivity index (χ4n) is 1.32. The Hall–Kier alpha value is -1.35. The summed E-state index contributed by atoms with van der Waals surface area (Å²) in [6.45, 7) is 1.87. The molecule has 1 aromatic carbocycles. The van der Waals surface area contributed by atoms with Crippen molar-refractivity contribution >= 4 is 11.0 Å². The molecule has 1 heterocycles. The zero-order chi connectivity index (χ0) is 9.26. The minimum Gasteiger partial charge on any atom is -0.340 e. The van der Waals surface area contributed by atoms with Gasteiger partial charge in [0.05, 0.1) is 11.0 Å². The van der Waals surface area contributed by atoms with Crippen LogP contribution in [0.15, 0.2) is 24.3 Å². The zero-order valence-corrected chi connectivity index (χ0v) is 7.45. The van der Waals surface area contributed by atoms with Gasteiger partial charge in [-0.25, -0.2) is 10.1 Å². The Bertz CT molecular complexity index is 375. The predicted octanol–water partition coefficient (Wildman–Crippen LogP) is 2.44. The Balaban J connectivity index is 2.49. The summed E-state index contributed by atoms with van der Waals surface area (Å²) in [5.41, 5.74) is 1.80. The van der Waals surface area contributed by atoms with Crippen LogP contribution in [0.2, 0.25) is 0 Å².